The summed E-state index contributed by atoms with van der Waals surface area (Å²) in [5.41, 5.74) is 6.26. The lowest BCUT2D eigenvalue weighted by Gasteiger charge is -2.30. The zero-order valence-corrected chi connectivity index (χ0v) is 13.0. The van der Waals surface area contributed by atoms with Gasteiger partial charge in [-0.25, -0.2) is 13.1 Å². The van der Waals surface area contributed by atoms with Crippen molar-refractivity contribution in [1.29, 1.82) is 0 Å². The lowest BCUT2D eigenvalue weighted by molar-refractivity contribution is 0.242. The molecule has 1 aromatic rings. The summed E-state index contributed by atoms with van der Waals surface area (Å²) in [4.78, 5) is 2.31. The van der Waals surface area contributed by atoms with Gasteiger partial charge in [-0.05, 0) is 44.1 Å². The molecule has 0 aliphatic carbocycles. The van der Waals surface area contributed by atoms with Crippen LogP contribution in [0, 0.1) is 0 Å². The Labute approximate surface area is 125 Å². The molecule has 0 saturated carbocycles. The van der Waals surface area contributed by atoms with Gasteiger partial charge in [0.1, 0.15) is 0 Å². The first-order valence-electron chi connectivity index (χ1n) is 6.62. The molecule has 1 saturated heterocycles. The minimum absolute atomic E-state index is 0.0493. The third-order valence-electron chi connectivity index (χ3n) is 3.50. The molecular weight excluding hydrogens is 298 g/mol. The number of sulfonamides is 1. The van der Waals surface area contributed by atoms with Gasteiger partial charge in [0.15, 0.2) is 0 Å². The lowest BCUT2D eigenvalue weighted by Crippen LogP contribution is -2.46. The molecule has 1 heterocycles. The second-order valence-corrected chi connectivity index (χ2v) is 7.30. The highest BCUT2D eigenvalue weighted by Gasteiger charge is 2.24. The van der Waals surface area contributed by atoms with E-state index in [4.69, 9.17) is 17.3 Å². The first kappa shape index (κ1) is 15.7. The van der Waals surface area contributed by atoms with Crippen molar-refractivity contribution in [2.45, 2.75) is 30.3 Å². The van der Waals surface area contributed by atoms with Crippen LogP contribution < -0.4 is 10.5 Å². The summed E-state index contributed by atoms with van der Waals surface area (Å²) in [6.07, 6.45) is 1.86. The summed E-state index contributed by atoms with van der Waals surface area (Å²) in [7, 11) is -1.54. The minimum atomic E-state index is -3.53. The van der Waals surface area contributed by atoms with Gasteiger partial charge in [0.2, 0.25) is 10.0 Å². The van der Waals surface area contributed by atoms with Crippen LogP contribution >= 0.6 is 11.6 Å². The molecule has 3 N–H and O–H groups in total. The molecule has 112 valence electrons. The smallest absolute Gasteiger partial charge is 0.240 e. The summed E-state index contributed by atoms with van der Waals surface area (Å²) in [5, 5.41) is 0.385. The molecule has 5 nitrogen and oxygen atoms in total. The molecule has 1 atom stereocenters. The van der Waals surface area contributed by atoms with Crippen molar-refractivity contribution in [1.82, 2.24) is 9.62 Å². The first-order valence-corrected chi connectivity index (χ1v) is 8.48. The Balaban J connectivity index is 2.15. The molecule has 0 bridgehead atoms. The van der Waals surface area contributed by atoms with Crippen LogP contribution in [0.4, 0.5) is 0 Å². The molecule has 1 aromatic carbocycles. The van der Waals surface area contributed by atoms with E-state index in [-0.39, 0.29) is 10.9 Å². The summed E-state index contributed by atoms with van der Waals surface area (Å²) in [5.74, 6) is 0. The van der Waals surface area contributed by atoms with E-state index >= 15 is 0 Å². The average Bonchev–Trinajstić information content (AvgIpc) is 2.38. The maximum absolute atomic E-state index is 12.3. The molecule has 7 heteroatoms. The van der Waals surface area contributed by atoms with Crippen LogP contribution in [-0.4, -0.2) is 39.5 Å². The molecule has 1 aliphatic rings. The Bertz CT molecular complexity index is 577. The fourth-order valence-electron chi connectivity index (χ4n) is 2.41. The molecule has 20 heavy (non-hydrogen) atoms. The number of hydrogen-bond acceptors (Lipinski definition) is 4. The maximum Gasteiger partial charge on any atom is 0.240 e. The minimum Gasteiger partial charge on any atom is -0.326 e. The Hall–Kier alpha value is -0.660. The van der Waals surface area contributed by atoms with E-state index in [0.29, 0.717) is 11.6 Å². The number of benzene rings is 1. The third kappa shape index (κ3) is 3.71. The van der Waals surface area contributed by atoms with Crippen LogP contribution in [0.2, 0.25) is 5.02 Å². The standard InChI is InChI=1S/C13H20ClN3O2S/c1-17-6-2-3-11(9-17)16-20(18,19)12-5-4-10(8-15)13(14)7-12/h4-5,7,11,16H,2-3,6,8-9,15H2,1H3. The van der Waals surface area contributed by atoms with Gasteiger partial charge in [0, 0.05) is 24.2 Å². The normalized spacial score (nSPS) is 21.1. The van der Waals surface area contributed by atoms with Crippen molar-refractivity contribution < 1.29 is 8.42 Å². The fourth-order valence-corrected chi connectivity index (χ4v) is 4.02. The van der Waals surface area contributed by atoms with Crippen molar-refractivity contribution in [3.05, 3.63) is 28.8 Å². The number of likely N-dealkylation sites (N-methyl/N-ethyl adjacent to an activating group) is 1. The lowest BCUT2D eigenvalue weighted by atomic mass is 10.1. The van der Waals surface area contributed by atoms with E-state index in [0.717, 1.165) is 31.5 Å². The van der Waals surface area contributed by atoms with Crippen molar-refractivity contribution in [2.75, 3.05) is 20.1 Å². The van der Waals surface area contributed by atoms with Crippen LogP contribution in [0.15, 0.2) is 23.1 Å². The van der Waals surface area contributed by atoms with Gasteiger partial charge in [-0.15, -0.1) is 0 Å². The zero-order chi connectivity index (χ0) is 14.8. The number of piperidine rings is 1. The number of rotatable bonds is 4. The number of nitrogens with one attached hydrogen (secondary N) is 1. The van der Waals surface area contributed by atoms with Gasteiger partial charge in [-0.1, -0.05) is 17.7 Å². The van der Waals surface area contributed by atoms with Crippen LogP contribution in [0.5, 0.6) is 0 Å². The number of nitrogens with zero attached hydrogens (tertiary/aromatic N) is 1. The van der Waals surface area contributed by atoms with E-state index in [2.05, 4.69) is 9.62 Å². The first-order chi connectivity index (χ1) is 9.42. The molecule has 1 aliphatic heterocycles. The molecule has 0 radical (unpaired) electrons. The SMILES string of the molecule is CN1CCCC(NS(=O)(=O)c2ccc(CN)c(Cl)c2)C1. The van der Waals surface area contributed by atoms with Gasteiger partial charge in [-0.2, -0.15) is 0 Å². The van der Waals surface area contributed by atoms with E-state index in [1.807, 2.05) is 7.05 Å². The molecule has 0 spiro atoms. The van der Waals surface area contributed by atoms with Crippen LogP contribution in [0.3, 0.4) is 0 Å². The Morgan fingerprint density at radius 3 is 2.85 bits per heavy atom. The molecule has 1 fully saturated rings. The van der Waals surface area contributed by atoms with Gasteiger partial charge in [0.25, 0.3) is 0 Å². The summed E-state index contributed by atoms with van der Waals surface area (Å²) in [6, 6.07) is 4.61. The zero-order valence-electron chi connectivity index (χ0n) is 11.5. The Morgan fingerprint density at radius 2 is 2.25 bits per heavy atom. The van der Waals surface area contributed by atoms with Gasteiger partial charge < -0.3 is 10.6 Å². The highest BCUT2D eigenvalue weighted by Crippen LogP contribution is 2.21. The monoisotopic (exact) mass is 317 g/mol. The van der Waals surface area contributed by atoms with Crippen molar-refractivity contribution in [2.24, 2.45) is 5.73 Å². The van der Waals surface area contributed by atoms with Gasteiger partial charge in [-0.3, -0.25) is 0 Å². The Kier molecular flexibility index (Phi) is 5.04. The number of halogens is 1. The molecular formula is C13H20ClN3O2S. The van der Waals surface area contributed by atoms with E-state index in [1.165, 1.54) is 6.07 Å². The highest BCUT2D eigenvalue weighted by molar-refractivity contribution is 7.89. The van der Waals surface area contributed by atoms with Crippen LogP contribution in [-0.2, 0) is 16.6 Å². The summed E-state index contributed by atoms with van der Waals surface area (Å²) in [6.45, 7) is 2.03. The quantitative estimate of drug-likeness (QED) is 0.874. The number of nitrogens with two attached hydrogens (primary N) is 1. The third-order valence-corrected chi connectivity index (χ3v) is 5.37. The van der Waals surface area contributed by atoms with Gasteiger partial charge in [0.05, 0.1) is 4.90 Å². The van der Waals surface area contributed by atoms with E-state index in [1.54, 1.807) is 12.1 Å². The highest BCUT2D eigenvalue weighted by atomic mass is 35.5. The Morgan fingerprint density at radius 1 is 1.50 bits per heavy atom. The number of hydrogen-bond donors (Lipinski definition) is 2. The predicted molar refractivity (Wildman–Crippen MR) is 80.2 cm³/mol. The summed E-state index contributed by atoms with van der Waals surface area (Å²) < 4.78 is 27.4. The average molecular weight is 318 g/mol. The fraction of sp³-hybridized carbons (Fsp3) is 0.538. The van der Waals surface area contributed by atoms with Crippen molar-refractivity contribution >= 4 is 21.6 Å². The van der Waals surface area contributed by atoms with Gasteiger partial charge >= 0.3 is 0 Å². The largest absolute Gasteiger partial charge is 0.326 e. The number of likely N-dealkylation sites (tertiary alicyclic amines) is 1. The van der Waals surface area contributed by atoms with Crippen LogP contribution in [0.25, 0.3) is 0 Å². The predicted octanol–water partition coefficient (Wildman–Crippen LogP) is 1.17. The van der Waals surface area contributed by atoms with E-state index < -0.39 is 10.0 Å². The topological polar surface area (TPSA) is 75.4 Å². The van der Waals surface area contributed by atoms with Crippen LogP contribution in [0.1, 0.15) is 18.4 Å². The van der Waals surface area contributed by atoms with Crippen molar-refractivity contribution in [3.8, 4) is 0 Å². The second kappa shape index (κ2) is 6.41. The second-order valence-electron chi connectivity index (χ2n) is 5.18. The van der Waals surface area contributed by atoms with E-state index in [9.17, 15) is 8.42 Å². The molecule has 2 rings (SSSR count). The maximum atomic E-state index is 12.3. The molecule has 0 aromatic heterocycles. The molecule has 0 amide bonds. The molecule has 1 unspecified atom stereocenters. The van der Waals surface area contributed by atoms with Crippen molar-refractivity contribution in [3.63, 3.8) is 0 Å². The summed E-state index contributed by atoms with van der Waals surface area (Å²) >= 11 is 6.02.